The maximum absolute atomic E-state index is 11.5. The van der Waals surface area contributed by atoms with Gasteiger partial charge < -0.3 is 20.3 Å². The first-order chi connectivity index (χ1) is 9.47. The van der Waals surface area contributed by atoms with Gasteiger partial charge in [0.25, 0.3) is 0 Å². The predicted octanol–water partition coefficient (Wildman–Crippen LogP) is 0.692. The summed E-state index contributed by atoms with van der Waals surface area (Å²) in [5, 5.41) is 6.30. The highest BCUT2D eigenvalue weighted by Gasteiger charge is 2.03. The van der Waals surface area contributed by atoms with Crippen LogP contribution in [0.25, 0.3) is 0 Å². The van der Waals surface area contributed by atoms with E-state index in [-0.39, 0.29) is 12.5 Å². The number of nitrogens with one attached hydrogen (secondary N) is 2. The Balaban J connectivity index is 3.90. The molecule has 20 heavy (non-hydrogen) atoms. The first-order valence-corrected chi connectivity index (χ1v) is 7.27. The van der Waals surface area contributed by atoms with Gasteiger partial charge in [0.05, 0.1) is 0 Å². The third-order valence-electron chi connectivity index (χ3n) is 2.42. The minimum absolute atomic E-state index is 0.0116. The van der Waals surface area contributed by atoms with Crippen molar-refractivity contribution in [3.63, 3.8) is 0 Å². The number of nitrogens with zero attached hydrogens (tertiary/aromatic N) is 2. The Morgan fingerprint density at radius 2 is 2.00 bits per heavy atom. The number of carbonyl (C=O) groups excluding carboxylic acids is 1. The second kappa shape index (κ2) is 11.5. The smallest absolute Gasteiger partial charge is 0.243 e. The summed E-state index contributed by atoms with van der Waals surface area (Å²) in [5.74, 6) is 1.23. The lowest BCUT2D eigenvalue weighted by Gasteiger charge is -2.13. The van der Waals surface area contributed by atoms with Gasteiger partial charge in [0.1, 0.15) is 6.54 Å². The van der Waals surface area contributed by atoms with E-state index in [1.54, 1.807) is 14.1 Å². The van der Waals surface area contributed by atoms with E-state index in [0.717, 1.165) is 32.7 Å². The summed E-state index contributed by atoms with van der Waals surface area (Å²) >= 11 is 0. The van der Waals surface area contributed by atoms with Crippen molar-refractivity contribution in [2.75, 3.05) is 46.9 Å². The fraction of sp³-hybridized carbons (Fsp3) is 0.857. The van der Waals surface area contributed by atoms with Gasteiger partial charge in [0.15, 0.2) is 5.96 Å². The summed E-state index contributed by atoms with van der Waals surface area (Å²) in [5.41, 5.74) is 0. The molecular formula is C14H30N4O2. The molecule has 118 valence electrons. The molecule has 0 saturated carbocycles. The highest BCUT2D eigenvalue weighted by molar-refractivity contribution is 5.84. The van der Waals surface area contributed by atoms with Crippen LogP contribution in [0.4, 0.5) is 0 Å². The van der Waals surface area contributed by atoms with E-state index in [1.807, 2.05) is 6.92 Å². The van der Waals surface area contributed by atoms with E-state index in [0.29, 0.717) is 11.9 Å². The van der Waals surface area contributed by atoms with Crippen molar-refractivity contribution in [1.82, 2.24) is 15.5 Å². The molecule has 0 aromatic rings. The van der Waals surface area contributed by atoms with E-state index in [2.05, 4.69) is 29.5 Å². The molecule has 1 amide bonds. The fourth-order valence-electron chi connectivity index (χ4n) is 1.33. The Kier molecular flexibility index (Phi) is 10.8. The van der Waals surface area contributed by atoms with Crippen molar-refractivity contribution < 1.29 is 9.53 Å². The van der Waals surface area contributed by atoms with Crippen LogP contribution in [0.1, 0.15) is 27.2 Å². The van der Waals surface area contributed by atoms with Crippen LogP contribution in [0.3, 0.4) is 0 Å². The van der Waals surface area contributed by atoms with Gasteiger partial charge in [0.2, 0.25) is 5.91 Å². The van der Waals surface area contributed by atoms with Crippen LogP contribution in [0.5, 0.6) is 0 Å². The number of rotatable bonds is 9. The van der Waals surface area contributed by atoms with Crippen LogP contribution in [0, 0.1) is 5.92 Å². The normalized spacial score (nSPS) is 11.6. The molecule has 6 nitrogen and oxygen atoms in total. The highest BCUT2D eigenvalue weighted by Crippen LogP contribution is 1.92. The zero-order valence-electron chi connectivity index (χ0n) is 13.5. The summed E-state index contributed by atoms with van der Waals surface area (Å²) in [6.45, 7) is 9.51. The molecular weight excluding hydrogens is 256 g/mol. The number of ether oxygens (including phenoxy) is 1. The largest absolute Gasteiger partial charge is 0.381 e. The molecule has 6 heteroatoms. The average molecular weight is 286 g/mol. The number of likely N-dealkylation sites (N-methyl/N-ethyl adjacent to an activating group) is 1. The summed E-state index contributed by atoms with van der Waals surface area (Å²) in [6.07, 6.45) is 0.915. The SMILES string of the molecule is CCNC(=NCC(=O)N(C)C)NCCCOCC(C)C. The second-order valence-electron chi connectivity index (χ2n) is 5.23. The molecule has 0 rings (SSSR count). The van der Waals surface area contributed by atoms with Crippen LogP contribution >= 0.6 is 0 Å². The van der Waals surface area contributed by atoms with E-state index in [1.165, 1.54) is 4.90 Å². The quantitative estimate of drug-likeness (QED) is 0.372. The lowest BCUT2D eigenvalue weighted by Crippen LogP contribution is -2.39. The van der Waals surface area contributed by atoms with Crippen LogP contribution in [-0.2, 0) is 9.53 Å². The number of carbonyl (C=O) groups is 1. The topological polar surface area (TPSA) is 66.0 Å². The standard InChI is InChI=1S/C14H30N4O2/c1-6-15-14(17-10-13(19)18(4)5)16-8-7-9-20-11-12(2)3/h12H,6-11H2,1-5H3,(H2,15,16,17). The van der Waals surface area contributed by atoms with Crippen molar-refractivity contribution in [1.29, 1.82) is 0 Å². The number of amides is 1. The first kappa shape index (κ1) is 18.7. The van der Waals surface area contributed by atoms with E-state index < -0.39 is 0 Å². The third-order valence-corrected chi connectivity index (χ3v) is 2.42. The number of guanidine groups is 1. The van der Waals surface area contributed by atoms with Crippen molar-refractivity contribution in [2.45, 2.75) is 27.2 Å². The Labute approximate surface area is 123 Å². The predicted molar refractivity (Wildman–Crippen MR) is 82.9 cm³/mol. The van der Waals surface area contributed by atoms with Crippen molar-refractivity contribution in [3.05, 3.63) is 0 Å². The van der Waals surface area contributed by atoms with Gasteiger partial charge in [0, 0.05) is 40.4 Å². The molecule has 0 saturated heterocycles. The summed E-state index contributed by atoms with van der Waals surface area (Å²) in [6, 6.07) is 0. The molecule has 0 unspecified atom stereocenters. The van der Waals surface area contributed by atoms with E-state index >= 15 is 0 Å². The molecule has 2 N–H and O–H groups in total. The molecule has 0 spiro atoms. The van der Waals surface area contributed by atoms with Gasteiger partial charge in [-0.2, -0.15) is 0 Å². The fourth-order valence-corrected chi connectivity index (χ4v) is 1.33. The molecule has 0 radical (unpaired) electrons. The average Bonchev–Trinajstić information content (AvgIpc) is 2.38. The van der Waals surface area contributed by atoms with Crippen molar-refractivity contribution in [2.24, 2.45) is 10.9 Å². The van der Waals surface area contributed by atoms with Gasteiger partial charge in [-0.05, 0) is 19.3 Å². The zero-order chi connectivity index (χ0) is 15.4. The Bertz CT molecular complexity index is 291. The minimum Gasteiger partial charge on any atom is -0.381 e. The van der Waals surface area contributed by atoms with Crippen LogP contribution in [0.15, 0.2) is 4.99 Å². The van der Waals surface area contributed by atoms with Gasteiger partial charge in [-0.1, -0.05) is 13.8 Å². The van der Waals surface area contributed by atoms with Gasteiger partial charge >= 0.3 is 0 Å². The molecule has 0 aliphatic rings. The number of hydrogen-bond acceptors (Lipinski definition) is 3. The van der Waals surface area contributed by atoms with E-state index in [4.69, 9.17) is 4.74 Å². The van der Waals surface area contributed by atoms with Crippen LogP contribution in [0.2, 0.25) is 0 Å². The van der Waals surface area contributed by atoms with Crippen molar-refractivity contribution in [3.8, 4) is 0 Å². The minimum atomic E-state index is -0.0116. The molecule has 0 aromatic carbocycles. The first-order valence-electron chi connectivity index (χ1n) is 7.27. The highest BCUT2D eigenvalue weighted by atomic mass is 16.5. The van der Waals surface area contributed by atoms with Crippen LogP contribution < -0.4 is 10.6 Å². The maximum Gasteiger partial charge on any atom is 0.243 e. The number of hydrogen-bond donors (Lipinski definition) is 2. The Morgan fingerprint density at radius 1 is 1.30 bits per heavy atom. The summed E-state index contributed by atoms with van der Waals surface area (Å²) in [4.78, 5) is 17.3. The summed E-state index contributed by atoms with van der Waals surface area (Å²) in [7, 11) is 3.45. The van der Waals surface area contributed by atoms with Crippen LogP contribution in [-0.4, -0.2) is 63.7 Å². The summed E-state index contributed by atoms with van der Waals surface area (Å²) < 4.78 is 5.51. The van der Waals surface area contributed by atoms with E-state index in [9.17, 15) is 4.79 Å². The van der Waals surface area contributed by atoms with Gasteiger partial charge in [-0.15, -0.1) is 0 Å². The lowest BCUT2D eigenvalue weighted by atomic mass is 10.2. The molecule has 0 fully saturated rings. The molecule has 0 aliphatic carbocycles. The van der Waals surface area contributed by atoms with Gasteiger partial charge in [-0.3, -0.25) is 4.79 Å². The Hall–Kier alpha value is -1.30. The Morgan fingerprint density at radius 3 is 2.55 bits per heavy atom. The third kappa shape index (κ3) is 10.6. The lowest BCUT2D eigenvalue weighted by molar-refractivity contribution is -0.127. The molecule has 0 aromatic heterocycles. The maximum atomic E-state index is 11.5. The van der Waals surface area contributed by atoms with Gasteiger partial charge in [-0.25, -0.2) is 4.99 Å². The monoisotopic (exact) mass is 286 g/mol. The van der Waals surface area contributed by atoms with Crippen molar-refractivity contribution >= 4 is 11.9 Å². The molecule has 0 heterocycles. The number of aliphatic imine (C=N–C) groups is 1. The zero-order valence-corrected chi connectivity index (χ0v) is 13.5. The molecule has 0 bridgehead atoms. The second-order valence-corrected chi connectivity index (χ2v) is 5.23. The molecule has 0 aliphatic heterocycles. The molecule has 0 atom stereocenters.